The van der Waals surface area contributed by atoms with Gasteiger partial charge in [-0.05, 0) is 25.7 Å². The van der Waals surface area contributed by atoms with Crippen LogP contribution in [0.4, 0.5) is 0 Å². The second kappa shape index (κ2) is 8.31. The molecule has 0 atom stereocenters. The fraction of sp³-hybridized carbons (Fsp3) is 0.600. The van der Waals surface area contributed by atoms with E-state index < -0.39 is 0 Å². The Bertz CT molecular complexity index is 130. The molecule has 0 aliphatic rings. The molecule has 0 saturated heterocycles. The summed E-state index contributed by atoms with van der Waals surface area (Å²) >= 11 is 0. The highest BCUT2D eigenvalue weighted by atomic mass is 16.5. The van der Waals surface area contributed by atoms with Crippen molar-refractivity contribution in [3.05, 3.63) is 19.3 Å². The first-order valence-corrected chi connectivity index (χ1v) is 4.37. The van der Waals surface area contributed by atoms with Crippen LogP contribution in [-0.4, -0.2) is 5.97 Å². The van der Waals surface area contributed by atoms with Crippen molar-refractivity contribution >= 4 is 5.97 Å². The zero-order chi connectivity index (χ0) is 9.23. The van der Waals surface area contributed by atoms with Crippen molar-refractivity contribution in [2.24, 2.45) is 0 Å². The Hall–Kier alpha value is -0.790. The van der Waals surface area contributed by atoms with E-state index in [2.05, 4.69) is 11.3 Å². The molecule has 2 nitrogen and oxygen atoms in total. The number of carbonyl (C=O) groups excluding carboxylic acids is 1. The van der Waals surface area contributed by atoms with Crippen molar-refractivity contribution in [2.45, 2.75) is 39.0 Å². The largest absolute Gasteiger partial charge is 0.459 e. The summed E-state index contributed by atoms with van der Waals surface area (Å²) in [7, 11) is 0. The van der Waals surface area contributed by atoms with Crippen LogP contribution in [0.15, 0.2) is 12.7 Å². The van der Waals surface area contributed by atoms with Gasteiger partial charge in [-0.1, -0.05) is 12.5 Å². The molecule has 0 N–H and O–H groups in total. The fourth-order valence-corrected chi connectivity index (χ4v) is 0.869. The Labute approximate surface area is 74.6 Å². The molecule has 0 spiro atoms. The lowest BCUT2D eigenvalue weighted by Crippen LogP contribution is -1.94. The van der Waals surface area contributed by atoms with E-state index in [1.54, 1.807) is 6.61 Å². The average molecular weight is 169 g/mol. The van der Waals surface area contributed by atoms with Crippen LogP contribution in [0.3, 0.4) is 0 Å². The number of hydrogen-bond acceptors (Lipinski definition) is 2. The summed E-state index contributed by atoms with van der Waals surface area (Å²) in [6, 6.07) is 0. The van der Waals surface area contributed by atoms with Crippen molar-refractivity contribution in [3.8, 4) is 0 Å². The second-order valence-electron chi connectivity index (χ2n) is 2.70. The second-order valence-corrected chi connectivity index (χ2v) is 2.70. The van der Waals surface area contributed by atoms with E-state index >= 15 is 0 Å². The lowest BCUT2D eigenvalue weighted by atomic mass is 10.1. The predicted molar refractivity (Wildman–Crippen MR) is 49.3 cm³/mol. The quantitative estimate of drug-likeness (QED) is 0.333. The van der Waals surface area contributed by atoms with E-state index in [1.807, 2.05) is 6.08 Å². The van der Waals surface area contributed by atoms with Gasteiger partial charge in [0.25, 0.3) is 0 Å². The number of allylic oxidation sites excluding steroid dienone is 1. The maximum absolute atomic E-state index is 10.3. The van der Waals surface area contributed by atoms with Crippen molar-refractivity contribution in [1.29, 1.82) is 0 Å². The molecule has 0 rings (SSSR count). The number of hydrogen-bond donors (Lipinski definition) is 0. The highest BCUT2D eigenvalue weighted by Crippen LogP contribution is 2.05. The van der Waals surface area contributed by atoms with Gasteiger partial charge in [0.2, 0.25) is 0 Å². The Morgan fingerprint density at radius 2 is 2.00 bits per heavy atom. The van der Waals surface area contributed by atoms with Gasteiger partial charge in [0, 0.05) is 6.92 Å². The van der Waals surface area contributed by atoms with Crippen LogP contribution in [0.2, 0.25) is 0 Å². The van der Waals surface area contributed by atoms with Gasteiger partial charge in [-0.3, -0.25) is 4.79 Å². The molecule has 0 aromatic heterocycles. The summed E-state index contributed by atoms with van der Waals surface area (Å²) in [6.45, 7) is 6.63. The van der Waals surface area contributed by atoms with Gasteiger partial charge >= 0.3 is 5.97 Å². The number of carbonyl (C=O) groups is 1. The van der Waals surface area contributed by atoms with Gasteiger partial charge in [0.1, 0.15) is 6.61 Å². The van der Waals surface area contributed by atoms with Gasteiger partial charge in [0.05, 0.1) is 0 Å². The molecule has 0 unspecified atom stereocenters. The highest BCUT2D eigenvalue weighted by Gasteiger charge is 1.93. The molecule has 0 saturated carbocycles. The van der Waals surface area contributed by atoms with Crippen LogP contribution in [-0.2, 0) is 9.53 Å². The van der Waals surface area contributed by atoms with Crippen LogP contribution >= 0.6 is 0 Å². The molecule has 0 aliphatic heterocycles. The third-order valence-corrected chi connectivity index (χ3v) is 1.48. The number of ether oxygens (including phenoxy) is 1. The first-order chi connectivity index (χ1) is 5.77. The van der Waals surface area contributed by atoms with Crippen LogP contribution < -0.4 is 0 Å². The smallest absolute Gasteiger partial charge is 0.303 e. The molecule has 69 valence electrons. The summed E-state index contributed by atoms with van der Waals surface area (Å²) in [5, 5.41) is 0. The minimum atomic E-state index is -0.235. The minimum absolute atomic E-state index is 0.235. The number of esters is 1. The molecule has 0 aromatic rings. The van der Waals surface area contributed by atoms with Gasteiger partial charge in [0.15, 0.2) is 0 Å². The molecule has 2 heteroatoms. The van der Waals surface area contributed by atoms with Crippen molar-refractivity contribution in [2.75, 3.05) is 0 Å². The molecule has 1 radical (unpaired) electrons. The topological polar surface area (TPSA) is 26.3 Å². The number of unbranched alkanes of at least 4 members (excludes halogenated alkanes) is 4. The first kappa shape index (κ1) is 11.2. The Kier molecular flexibility index (Phi) is 7.76. The lowest BCUT2D eigenvalue weighted by Gasteiger charge is -1.99. The van der Waals surface area contributed by atoms with Crippen LogP contribution in [0.25, 0.3) is 0 Å². The van der Waals surface area contributed by atoms with Gasteiger partial charge < -0.3 is 4.74 Å². The Balaban J connectivity index is 2.90. The first-order valence-electron chi connectivity index (χ1n) is 4.37. The molecular weight excluding hydrogens is 152 g/mol. The van der Waals surface area contributed by atoms with Crippen LogP contribution in [0.5, 0.6) is 0 Å². The van der Waals surface area contributed by atoms with Crippen molar-refractivity contribution < 1.29 is 9.53 Å². The Morgan fingerprint density at radius 1 is 1.33 bits per heavy atom. The zero-order valence-electron chi connectivity index (χ0n) is 7.71. The molecule has 0 aliphatic carbocycles. The summed E-state index contributed by atoms with van der Waals surface area (Å²) in [6.07, 6.45) is 7.29. The maximum Gasteiger partial charge on any atom is 0.303 e. The third kappa shape index (κ3) is 9.21. The third-order valence-electron chi connectivity index (χ3n) is 1.48. The molecule has 0 amide bonds. The Morgan fingerprint density at radius 3 is 2.58 bits per heavy atom. The van der Waals surface area contributed by atoms with Crippen LogP contribution in [0.1, 0.15) is 39.0 Å². The molecule has 0 aromatic carbocycles. The van der Waals surface area contributed by atoms with E-state index in [4.69, 9.17) is 0 Å². The van der Waals surface area contributed by atoms with E-state index in [9.17, 15) is 4.79 Å². The lowest BCUT2D eigenvalue weighted by molar-refractivity contribution is -0.137. The summed E-state index contributed by atoms with van der Waals surface area (Å²) in [5.41, 5.74) is 0. The molecule has 0 heterocycles. The van der Waals surface area contributed by atoms with Gasteiger partial charge in [-0.25, -0.2) is 0 Å². The SMILES string of the molecule is C=CCCCCC[CH]OC(C)=O. The fourth-order valence-electron chi connectivity index (χ4n) is 0.869. The van der Waals surface area contributed by atoms with E-state index in [0.717, 1.165) is 19.3 Å². The average Bonchev–Trinajstić information content (AvgIpc) is 2.02. The molecule has 0 bridgehead atoms. The van der Waals surface area contributed by atoms with Gasteiger partial charge in [-0.15, -0.1) is 6.58 Å². The molecular formula is C10H17O2. The molecule has 12 heavy (non-hydrogen) atoms. The van der Waals surface area contributed by atoms with Crippen molar-refractivity contribution in [1.82, 2.24) is 0 Å². The van der Waals surface area contributed by atoms with Crippen molar-refractivity contribution in [3.63, 3.8) is 0 Å². The number of rotatable bonds is 7. The standard InChI is InChI=1S/C10H17O2/c1-3-4-5-6-7-8-9-12-10(2)11/h3,9H,1,4-8H2,2H3. The van der Waals surface area contributed by atoms with Gasteiger partial charge in [-0.2, -0.15) is 0 Å². The van der Waals surface area contributed by atoms with Crippen LogP contribution in [0, 0.1) is 6.61 Å². The monoisotopic (exact) mass is 169 g/mol. The maximum atomic E-state index is 10.3. The summed E-state index contributed by atoms with van der Waals surface area (Å²) in [4.78, 5) is 10.3. The van der Waals surface area contributed by atoms with E-state index in [-0.39, 0.29) is 5.97 Å². The van der Waals surface area contributed by atoms with E-state index in [1.165, 1.54) is 19.8 Å². The highest BCUT2D eigenvalue weighted by molar-refractivity contribution is 5.66. The normalized spacial score (nSPS) is 9.42. The van der Waals surface area contributed by atoms with E-state index in [0.29, 0.717) is 0 Å². The summed E-state index contributed by atoms with van der Waals surface area (Å²) < 4.78 is 4.66. The molecule has 0 fully saturated rings. The predicted octanol–water partition coefficient (Wildman–Crippen LogP) is 2.85. The summed E-state index contributed by atoms with van der Waals surface area (Å²) in [5.74, 6) is -0.235. The zero-order valence-corrected chi connectivity index (χ0v) is 7.71. The minimum Gasteiger partial charge on any atom is -0.459 e.